The van der Waals surface area contributed by atoms with Gasteiger partial charge in [-0.3, -0.25) is 4.79 Å². The highest BCUT2D eigenvalue weighted by molar-refractivity contribution is 5.78. The van der Waals surface area contributed by atoms with Crippen molar-refractivity contribution in [3.8, 4) is 0 Å². The normalized spacial score (nSPS) is 27.5. The molecule has 1 amide bonds. The summed E-state index contributed by atoms with van der Waals surface area (Å²) in [6, 6.07) is 9.29. The molecular weight excluding hydrogens is 274 g/mol. The van der Waals surface area contributed by atoms with Gasteiger partial charge < -0.3 is 16.0 Å². The molecule has 4 nitrogen and oxygen atoms in total. The molecular formula is C18H27N3O. The molecule has 1 aromatic rings. The van der Waals surface area contributed by atoms with Gasteiger partial charge in [-0.2, -0.15) is 0 Å². The van der Waals surface area contributed by atoms with E-state index < -0.39 is 0 Å². The number of fused-ring (bicyclic) bond motifs is 1. The van der Waals surface area contributed by atoms with Crippen LogP contribution in [0.4, 0.5) is 5.69 Å². The highest BCUT2D eigenvalue weighted by Crippen LogP contribution is 2.31. The van der Waals surface area contributed by atoms with Crippen LogP contribution in [0.2, 0.25) is 0 Å². The van der Waals surface area contributed by atoms with Gasteiger partial charge in [0.15, 0.2) is 0 Å². The number of amides is 1. The molecule has 3 N–H and O–H groups in total. The Morgan fingerprint density at radius 2 is 2.18 bits per heavy atom. The zero-order valence-electron chi connectivity index (χ0n) is 13.4. The molecule has 1 heterocycles. The van der Waals surface area contributed by atoms with Gasteiger partial charge in [-0.05, 0) is 44.2 Å². The topological polar surface area (TPSA) is 58.4 Å². The van der Waals surface area contributed by atoms with E-state index in [0.29, 0.717) is 12.6 Å². The van der Waals surface area contributed by atoms with Gasteiger partial charge in [0.05, 0.1) is 0 Å². The third kappa shape index (κ3) is 3.27. The molecule has 3 rings (SSSR count). The Kier molecular flexibility index (Phi) is 4.67. The molecule has 1 aromatic carbocycles. The van der Waals surface area contributed by atoms with Gasteiger partial charge in [0.25, 0.3) is 0 Å². The van der Waals surface area contributed by atoms with Crippen LogP contribution in [-0.2, 0) is 11.2 Å². The molecule has 1 aliphatic carbocycles. The van der Waals surface area contributed by atoms with Crippen LogP contribution in [0.15, 0.2) is 24.3 Å². The Bertz CT molecular complexity index is 531. The largest absolute Gasteiger partial charge is 0.367 e. The number of hydrogen-bond donors (Lipinski definition) is 2. The highest BCUT2D eigenvalue weighted by Gasteiger charge is 2.27. The molecule has 2 aliphatic rings. The second-order valence-electron chi connectivity index (χ2n) is 6.79. The van der Waals surface area contributed by atoms with Gasteiger partial charge in [-0.15, -0.1) is 0 Å². The number of rotatable bonds is 4. The van der Waals surface area contributed by atoms with E-state index in [2.05, 4.69) is 41.4 Å². The Balaban J connectivity index is 1.50. The predicted molar refractivity (Wildman–Crippen MR) is 89.9 cm³/mol. The zero-order valence-corrected chi connectivity index (χ0v) is 13.4. The minimum atomic E-state index is 0.118. The molecule has 0 bridgehead atoms. The van der Waals surface area contributed by atoms with E-state index >= 15 is 0 Å². The Morgan fingerprint density at radius 3 is 3.00 bits per heavy atom. The fraction of sp³-hybridized carbons (Fsp3) is 0.611. The summed E-state index contributed by atoms with van der Waals surface area (Å²) in [6.45, 7) is 3.84. The quantitative estimate of drug-likeness (QED) is 0.895. The number of carbonyl (C=O) groups excluding carboxylic acids is 1. The van der Waals surface area contributed by atoms with Crippen LogP contribution in [0.5, 0.6) is 0 Å². The molecule has 0 saturated heterocycles. The standard InChI is InChI=1S/C18H27N3O/c1-13-11-14-5-2-3-8-17(14)21(13)10-9-20-18(22)15-6-4-7-16(19)12-15/h2-3,5,8,13,15-16H,4,6-7,9-12,19H2,1H3,(H,20,22). The lowest BCUT2D eigenvalue weighted by Crippen LogP contribution is -2.42. The number of nitrogens with one attached hydrogen (secondary N) is 1. The Labute approximate surface area is 133 Å². The van der Waals surface area contributed by atoms with Gasteiger partial charge in [-0.1, -0.05) is 24.6 Å². The van der Waals surface area contributed by atoms with Crippen LogP contribution in [0.25, 0.3) is 0 Å². The van der Waals surface area contributed by atoms with Crippen LogP contribution in [0, 0.1) is 5.92 Å². The van der Waals surface area contributed by atoms with Crippen LogP contribution >= 0.6 is 0 Å². The number of nitrogens with two attached hydrogens (primary N) is 1. The van der Waals surface area contributed by atoms with Crippen LogP contribution in [0.3, 0.4) is 0 Å². The van der Waals surface area contributed by atoms with Gasteiger partial charge in [-0.25, -0.2) is 0 Å². The average molecular weight is 301 g/mol. The summed E-state index contributed by atoms with van der Waals surface area (Å²) in [5.41, 5.74) is 8.71. The Morgan fingerprint density at radius 1 is 1.36 bits per heavy atom. The van der Waals surface area contributed by atoms with Crippen LogP contribution < -0.4 is 16.0 Å². The molecule has 1 fully saturated rings. The average Bonchev–Trinajstić information content (AvgIpc) is 2.83. The van der Waals surface area contributed by atoms with Crippen molar-refractivity contribution in [3.63, 3.8) is 0 Å². The van der Waals surface area contributed by atoms with Gasteiger partial charge in [0, 0.05) is 36.8 Å². The lowest BCUT2D eigenvalue weighted by atomic mass is 9.85. The fourth-order valence-corrected chi connectivity index (χ4v) is 3.88. The zero-order chi connectivity index (χ0) is 15.5. The summed E-state index contributed by atoms with van der Waals surface area (Å²) in [5, 5.41) is 3.12. The van der Waals surface area contributed by atoms with Crippen molar-refractivity contribution in [1.82, 2.24) is 5.32 Å². The minimum Gasteiger partial charge on any atom is -0.367 e. The third-order valence-corrected chi connectivity index (χ3v) is 5.09. The lowest BCUT2D eigenvalue weighted by Gasteiger charge is -2.27. The summed E-state index contributed by atoms with van der Waals surface area (Å²) in [5.74, 6) is 0.308. The first-order chi connectivity index (χ1) is 10.6. The maximum absolute atomic E-state index is 12.3. The molecule has 1 aliphatic heterocycles. The van der Waals surface area contributed by atoms with E-state index in [9.17, 15) is 4.79 Å². The van der Waals surface area contributed by atoms with E-state index in [-0.39, 0.29) is 17.9 Å². The molecule has 3 atom stereocenters. The summed E-state index contributed by atoms with van der Waals surface area (Å²) >= 11 is 0. The fourth-order valence-electron chi connectivity index (χ4n) is 3.88. The number of carbonyl (C=O) groups is 1. The summed E-state index contributed by atoms with van der Waals surface area (Å²) in [6.07, 6.45) is 5.07. The van der Waals surface area contributed by atoms with Crippen molar-refractivity contribution in [3.05, 3.63) is 29.8 Å². The van der Waals surface area contributed by atoms with Crippen molar-refractivity contribution in [2.24, 2.45) is 11.7 Å². The number of nitrogens with zero attached hydrogens (tertiary/aromatic N) is 1. The van der Waals surface area contributed by atoms with Crippen molar-refractivity contribution in [2.75, 3.05) is 18.0 Å². The second-order valence-corrected chi connectivity index (χ2v) is 6.79. The molecule has 0 spiro atoms. The van der Waals surface area contributed by atoms with Gasteiger partial charge in [0.2, 0.25) is 5.91 Å². The summed E-state index contributed by atoms with van der Waals surface area (Å²) < 4.78 is 0. The maximum atomic E-state index is 12.3. The summed E-state index contributed by atoms with van der Waals surface area (Å²) in [4.78, 5) is 14.7. The SMILES string of the molecule is CC1Cc2ccccc2N1CCNC(=O)C1CCCC(N)C1. The molecule has 120 valence electrons. The lowest BCUT2D eigenvalue weighted by molar-refractivity contribution is -0.126. The van der Waals surface area contributed by atoms with E-state index in [1.807, 2.05) is 0 Å². The van der Waals surface area contributed by atoms with Gasteiger partial charge in [0.1, 0.15) is 0 Å². The van der Waals surface area contributed by atoms with Crippen molar-refractivity contribution in [1.29, 1.82) is 0 Å². The van der Waals surface area contributed by atoms with Crippen LogP contribution in [0.1, 0.15) is 38.2 Å². The number of hydrogen-bond acceptors (Lipinski definition) is 3. The number of anilines is 1. The highest BCUT2D eigenvalue weighted by atomic mass is 16.1. The monoisotopic (exact) mass is 301 g/mol. The van der Waals surface area contributed by atoms with E-state index in [0.717, 1.165) is 38.6 Å². The van der Waals surface area contributed by atoms with E-state index in [1.54, 1.807) is 0 Å². The van der Waals surface area contributed by atoms with E-state index in [1.165, 1.54) is 11.3 Å². The van der Waals surface area contributed by atoms with Gasteiger partial charge >= 0.3 is 0 Å². The maximum Gasteiger partial charge on any atom is 0.223 e. The molecule has 22 heavy (non-hydrogen) atoms. The predicted octanol–water partition coefficient (Wildman–Crippen LogP) is 2.07. The first-order valence-corrected chi connectivity index (χ1v) is 8.53. The molecule has 1 saturated carbocycles. The molecule has 0 aromatic heterocycles. The smallest absolute Gasteiger partial charge is 0.223 e. The molecule has 3 unspecified atom stereocenters. The first kappa shape index (κ1) is 15.3. The van der Waals surface area contributed by atoms with Crippen molar-refractivity contribution in [2.45, 2.75) is 51.1 Å². The van der Waals surface area contributed by atoms with Crippen molar-refractivity contribution >= 4 is 11.6 Å². The number of para-hydroxylation sites is 1. The number of benzene rings is 1. The second kappa shape index (κ2) is 6.69. The molecule has 0 radical (unpaired) electrons. The van der Waals surface area contributed by atoms with Crippen molar-refractivity contribution < 1.29 is 4.79 Å². The third-order valence-electron chi connectivity index (χ3n) is 5.09. The Hall–Kier alpha value is -1.55. The van der Waals surface area contributed by atoms with E-state index in [4.69, 9.17) is 5.73 Å². The first-order valence-electron chi connectivity index (χ1n) is 8.53. The summed E-state index contributed by atoms with van der Waals surface area (Å²) in [7, 11) is 0. The molecule has 4 heteroatoms. The van der Waals surface area contributed by atoms with Crippen LogP contribution in [-0.4, -0.2) is 31.1 Å². The minimum absolute atomic E-state index is 0.118.